The van der Waals surface area contributed by atoms with Crippen LogP contribution < -0.4 is 36.1 Å². The summed E-state index contributed by atoms with van der Waals surface area (Å²) in [7, 11) is -3.70. The van der Waals surface area contributed by atoms with Crippen LogP contribution in [0.4, 0.5) is 44.7 Å². The van der Waals surface area contributed by atoms with Crippen molar-refractivity contribution in [3.8, 4) is 23.0 Å². The third-order valence-electron chi connectivity index (χ3n) is 8.60. The van der Waals surface area contributed by atoms with Gasteiger partial charge in [-0.2, -0.15) is 9.97 Å². The normalized spacial score (nSPS) is 13.3. The fourth-order valence-corrected chi connectivity index (χ4v) is 6.29. The lowest BCUT2D eigenvalue weighted by atomic mass is 10.1. The third kappa shape index (κ3) is 13.5. The molecule has 0 radical (unpaired) electrons. The molecule has 0 unspecified atom stereocenters. The van der Waals surface area contributed by atoms with Crippen molar-refractivity contribution in [2.24, 2.45) is 0 Å². The number of rotatable bonds is 9. The Labute approximate surface area is 370 Å². The van der Waals surface area contributed by atoms with Crippen LogP contribution in [0.25, 0.3) is 22.1 Å². The largest absolute Gasteiger partial charge is 0.450 e. The van der Waals surface area contributed by atoms with Crippen LogP contribution in [0.5, 0.6) is 23.0 Å². The predicted octanol–water partition coefficient (Wildman–Crippen LogP) is 8.03. The number of hydrogen-bond donors (Lipinski definition) is 5. The van der Waals surface area contributed by atoms with Gasteiger partial charge in [0.25, 0.3) is 0 Å². The van der Waals surface area contributed by atoms with Gasteiger partial charge in [-0.05, 0) is 90.8 Å². The average molecular weight is 924 g/mol. The topological polar surface area (TPSA) is 233 Å². The molecule has 1 aliphatic rings. The maximum atomic E-state index is 14.2. The van der Waals surface area contributed by atoms with Gasteiger partial charge in [0.2, 0.25) is 20.9 Å². The number of amides is 4. The third-order valence-corrected chi connectivity index (χ3v) is 9.46. The number of benzene rings is 2. The number of anilines is 3. The molecule has 65 heavy (non-hydrogen) atoms. The molecule has 7 rings (SSSR count). The Hall–Kier alpha value is -7.01. The van der Waals surface area contributed by atoms with Crippen LogP contribution >= 0.6 is 0 Å². The Kier molecular flexibility index (Phi) is 14.2. The minimum atomic E-state index is -3.70. The molecule has 1 saturated heterocycles. The van der Waals surface area contributed by atoms with Gasteiger partial charge in [-0.3, -0.25) is 10.6 Å². The molecule has 0 bridgehead atoms. The van der Waals surface area contributed by atoms with Crippen molar-refractivity contribution in [1.29, 1.82) is 0 Å². The summed E-state index contributed by atoms with van der Waals surface area (Å²) in [6.07, 6.45) is 5.39. The lowest BCUT2D eigenvalue weighted by Crippen LogP contribution is -2.43. The summed E-state index contributed by atoms with van der Waals surface area (Å²) in [5.74, 6) is -3.68. The van der Waals surface area contributed by atoms with Crippen molar-refractivity contribution < 1.29 is 49.8 Å². The second-order valence-electron chi connectivity index (χ2n) is 16.7. The molecule has 0 aliphatic carbocycles. The zero-order chi connectivity index (χ0) is 47.3. The standard InChI is InChI=1S/C23H26F2N6O3.C19H19F2N5O4S/c1-23(2,3)31-22(32)30-20-18(34-17-5-4-14(24)11-16(17)25)10-13-12-26-21(29-19(13)28-20)27-15-6-8-33-9-7-15;1-19(2,3)26-17(27)24-16-14(30-13-6-5-11(20)8-12(13)21)7-10-9-22-18(31(4,28)29)25-15(10)23-16/h4-5,10-12,15H,6-9H2,1-3H3,(H3,26,27,28,29,30,31,32);5-9H,1-4H3,(H2,22,23,24,25,26,27). The Morgan fingerprint density at radius 2 is 1.12 bits per heavy atom. The van der Waals surface area contributed by atoms with Gasteiger partial charge >= 0.3 is 12.1 Å². The van der Waals surface area contributed by atoms with E-state index in [0.29, 0.717) is 42.3 Å². The maximum Gasteiger partial charge on any atom is 0.320 e. The van der Waals surface area contributed by atoms with Crippen LogP contribution in [0.2, 0.25) is 0 Å². The molecule has 4 aromatic heterocycles. The number of nitrogens with one attached hydrogen (secondary N) is 5. The van der Waals surface area contributed by atoms with E-state index in [2.05, 4.69) is 56.5 Å². The monoisotopic (exact) mass is 923 g/mol. The summed E-state index contributed by atoms with van der Waals surface area (Å²) < 4.78 is 94.8. The van der Waals surface area contributed by atoms with Gasteiger partial charge in [0.15, 0.2) is 57.6 Å². The van der Waals surface area contributed by atoms with Gasteiger partial charge in [-0.15, -0.1) is 0 Å². The smallest absolute Gasteiger partial charge is 0.320 e. The zero-order valence-corrected chi connectivity index (χ0v) is 37.0. The van der Waals surface area contributed by atoms with E-state index in [-0.39, 0.29) is 51.7 Å². The molecule has 2 aromatic carbocycles. The number of carbonyl (C=O) groups is 2. The summed E-state index contributed by atoms with van der Waals surface area (Å²) in [5, 5.41) is 14.1. The van der Waals surface area contributed by atoms with E-state index in [1.165, 1.54) is 18.3 Å². The summed E-state index contributed by atoms with van der Waals surface area (Å²) in [6.45, 7) is 12.1. The van der Waals surface area contributed by atoms with E-state index in [4.69, 9.17) is 14.2 Å². The highest BCUT2D eigenvalue weighted by Crippen LogP contribution is 2.34. The molecule has 5 N–H and O–H groups in total. The predicted molar refractivity (Wildman–Crippen MR) is 232 cm³/mol. The first-order valence-electron chi connectivity index (χ1n) is 19.8. The lowest BCUT2D eigenvalue weighted by molar-refractivity contribution is 0.0903. The SMILES string of the molecule is CC(C)(C)NC(=O)Nc1nc2nc(NC3CCOCC3)ncc2cc1Oc1ccc(F)cc1F.CC(C)(C)NC(=O)Nc1nc2nc(S(C)(=O)=O)ncc2cc1Oc1ccc(F)cc1F. The fraction of sp³-hybridized carbons (Fsp3) is 0.333. The van der Waals surface area contributed by atoms with Crippen LogP contribution in [-0.2, 0) is 14.6 Å². The molecule has 1 aliphatic heterocycles. The second kappa shape index (κ2) is 19.4. The summed E-state index contributed by atoms with van der Waals surface area (Å²) in [6, 6.07) is 7.58. The summed E-state index contributed by atoms with van der Waals surface area (Å²) in [5.41, 5.74) is -0.805. The zero-order valence-electron chi connectivity index (χ0n) is 36.1. The number of aromatic nitrogens is 6. The highest BCUT2D eigenvalue weighted by atomic mass is 32.2. The van der Waals surface area contributed by atoms with E-state index in [1.54, 1.807) is 27.0 Å². The van der Waals surface area contributed by atoms with Gasteiger partial charge < -0.3 is 30.2 Å². The van der Waals surface area contributed by atoms with Crippen molar-refractivity contribution in [3.63, 3.8) is 0 Å². The Morgan fingerprint density at radius 3 is 1.57 bits per heavy atom. The first-order valence-corrected chi connectivity index (χ1v) is 21.7. The quantitative estimate of drug-likeness (QED) is 0.0683. The van der Waals surface area contributed by atoms with Crippen LogP contribution in [0.1, 0.15) is 54.4 Å². The molecular formula is C42H45F4N11O7S. The number of urea groups is 2. The van der Waals surface area contributed by atoms with Gasteiger partial charge in [-0.1, -0.05) is 0 Å². The first kappa shape index (κ1) is 47.5. The van der Waals surface area contributed by atoms with Gasteiger partial charge in [-0.25, -0.2) is 55.5 Å². The minimum absolute atomic E-state index is 0.0219. The van der Waals surface area contributed by atoms with Crippen molar-refractivity contribution in [3.05, 3.63) is 84.2 Å². The number of sulfone groups is 1. The summed E-state index contributed by atoms with van der Waals surface area (Å²) >= 11 is 0. The van der Waals surface area contributed by atoms with Crippen LogP contribution in [0.15, 0.2) is 66.1 Å². The number of halogens is 4. The molecule has 4 amide bonds. The molecule has 344 valence electrons. The fourth-order valence-electron chi connectivity index (χ4n) is 5.79. The molecule has 0 spiro atoms. The van der Waals surface area contributed by atoms with E-state index in [0.717, 1.165) is 43.4 Å². The molecule has 18 nitrogen and oxygen atoms in total. The molecule has 0 atom stereocenters. The van der Waals surface area contributed by atoms with Crippen molar-refractivity contribution in [2.75, 3.05) is 35.4 Å². The molecule has 6 aromatic rings. The number of carbonyl (C=O) groups excluding carboxylic acids is 2. The molecular weight excluding hydrogens is 879 g/mol. The lowest BCUT2D eigenvalue weighted by Gasteiger charge is -2.23. The number of nitrogens with zero attached hydrogens (tertiary/aromatic N) is 6. The van der Waals surface area contributed by atoms with E-state index in [9.17, 15) is 35.6 Å². The van der Waals surface area contributed by atoms with E-state index in [1.807, 2.05) is 20.8 Å². The van der Waals surface area contributed by atoms with Crippen LogP contribution in [0.3, 0.4) is 0 Å². The Morgan fingerprint density at radius 1 is 0.662 bits per heavy atom. The Balaban J connectivity index is 0.000000216. The average Bonchev–Trinajstić information content (AvgIpc) is 3.19. The highest BCUT2D eigenvalue weighted by molar-refractivity contribution is 7.90. The van der Waals surface area contributed by atoms with Crippen molar-refractivity contribution in [2.45, 2.75) is 76.7 Å². The van der Waals surface area contributed by atoms with Crippen molar-refractivity contribution >= 4 is 61.6 Å². The molecule has 23 heteroatoms. The minimum Gasteiger partial charge on any atom is -0.450 e. The number of fused-ring (bicyclic) bond motifs is 2. The van der Waals surface area contributed by atoms with Crippen molar-refractivity contribution in [1.82, 2.24) is 40.5 Å². The summed E-state index contributed by atoms with van der Waals surface area (Å²) in [4.78, 5) is 49.9. The van der Waals surface area contributed by atoms with E-state index >= 15 is 0 Å². The number of ether oxygens (including phenoxy) is 3. The van der Waals surface area contributed by atoms with Crippen LogP contribution in [-0.4, -0.2) is 87.0 Å². The maximum absolute atomic E-state index is 14.2. The highest BCUT2D eigenvalue weighted by Gasteiger charge is 2.22. The molecule has 5 heterocycles. The number of pyridine rings is 2. The van der Waals surface area contributed by atoms with Gasteiger partial charge in [0, 0.05) is 71.9 Å². The van der Waals surface area contributed by atoms with Crippen LogP contribution in [0, 0.1) is 23.3 Å². The molecule has 0 saturated carbocycles. The second-order valence-corrected chi connectivity index (χ2v) is 18.6. The number of hydrogen-bond acceptors (Lipinski definition) is 14. The van der Waals surface area contributed by atoms with E-state index < -0.39 is 61.4 Å². The van der Waals surface area contributed by atoms with Gasteiger partial charge in [0.1, 0.15) is 11.6 Å². The Bertz CT molecular complexity index is 2860. The first-order chi connectivity index (χ1) is 30.5. The molecule has 1 fully saturated rings. The van der Waals surface area contributed by atoms with Gasteiger partial charge in [0.05, 0.1) is 0 Å².